The molecule has 0 spiro atoms. The van der Waals surface area contributed by atoms with Crippen LogP contribution in [0.2, 0.25) is 0 Å². The highest BCUT2D eigenvalue weighted by Gasteiger charge is 2.08. The Morgan fingerprint density at radius 2 is 1.73 bits per heavy atom. The van der Waals surface area contributed by atoms with Crippen molar-refractivity contribution >= 4 is 18.4 Å². The lowest BCUT2D eigenvalue weighted by molar-refractivity contribution is 0.306. The molecule has 30 heavy (non-hydrogen) atoms. The summed E-state index contributed by atoms with van der Waals surface area (Å²) < 4.78 is 13.3. The van der Waals surface area contributed by atoms with Crippen molar-refractivity contribution in [2.45, 2.75) is 33.1 Å². The predicted molar refractivity (Wildman–Crippen MR) is 122 cm³/mol. The molecule has 158 valence electrons. The van der Waals surface area contributed by atoms with Crippen LogP contribution in [-0.4, -0.2) is 34.3 Å². The van der Waals surface area contributed by atoms with Crippen LogP contribution in [0.25, 0.3) is 11.4 Å². The summed E-state index contributed by atoms with van der Waals surface area (Å²) in [6, 6.07) is 15.5. The van der Waals surface area contributed by atoms with Gasteiger partial charge in [-0.2, -0.15) is 14.9 Å². The molecule has 3 rings (SSSR count). The molecule has 1 heterocycles. The summed E-state index contributed by atoms with van der Waals surface area (Å²) in [6.45, 7) is 5.51. The highest BCUT2D eigenvalue weighted by Crippen LogP contribution is 2.20. The van der Waals surface area contributed by atoms with Gasteiger partial charge in [-0.05, 0) is 79.7 Å². The summed E-state index contributed by atoms with van der Waals surface area (Å²) in [5, 5.41) is 11.4. The largest absolute Gasteiger partial charge is 0.494 e. The second-order valence-corrected chi connectivity index (χ2v) is 7.01. The van der Waals surface area contributed by atoms with E-state index in [0.29, 0.717) is 17.2 Å². The number of aromatic amines is 1. The maximum atomic E-state index is 5.73. The first kappa shape index (κ1) is 21.6. The molecular weight excluding hydrogens is 398 g/mol. The van der Waals surface area contributed by atoms with Crippen molar-refractivity contribution < 1.29 is 9.47 Å². The fourth-order valence-electron chi connectivity index (χ4n) is 2.80. The van der Waals surface area contributed by atoms with E-state index < -0.39 is 0 Å². The Bertz CT molecular complexity index is 994. The van der Waals surface area contributed by atoms with Gasteiger partial charge in [0.05, 0.1) is 19.4 Å². The number of hydrazone groups is 1. The highest BCUT2D eigenvalue weighted by molar-refractivity contribution is 7.71. The van der Waals surface area contributed by atoms with Crippen LogP contribution in [0.4, 0.5) is 0 Å². The van der Waals surface area contributed by atoms with Crippen LogP contribution in [0.15, 0.2) is 53.6 Å². The number of hydrogen-bond donors (Lipinski definition) is 2. The number of nitrogens with one attached hydrogen (secondary N) is 2. The summed E-state index contributed by atoms with van der Waals surface area (Å²) in [6.07, 6.45) is 5.17. The highest BCUT2D eigenvalue weighted by atomic mass is 32.1. The van der Waals surface area contributed by atoms with E-state index >= 15 is 0 Å². The van der Waals surface area contributed by atoms with Gasteiger partial charge >= 0.3 is 0 Å². The molecule has 0 atom stereocenters. The van der Waals surface area contributed by atoms with Crippen LogP contribution in [-0.2, 0) is 0 Å². The molecular formula is C22H27N5O2S. The topological polar surface area (TPSA) is 76.5 Å². The number of nitrogens with zero attached hydrogens (tertiary/aromatic N) is 3. The molecule has 0 amide bonds. The second kappa shape index (κ2) is 11.2. The molecule has 7 nitrogen and oxygen atoms in total. The molecule has 8 heteroatoms. The molecule has 0 unspecified atom stereocenters. The standard InChI is InChI=1S/C22H27N5O2S/c1-3-5-6-15-29-20-11-7-17(8-12-20)16-23-26-27-21(24-25-22(27)30)18-9-13-19(14-10-18)28-4-2/h7-14,16,26H,3-6,15H2,1-2H3,(H,25,30)/b23-16+. The Morgan fingerprint density at radius 3 is 2.43 bits per heavy atom. The number of aromatic nitrogens is 3. The third kappa shape index (κ3) is 5.93. The molecule has 0 saturated carbocycles. The molecule has 0 bridgehead atoms. The average molecular weight is 426 g/mol. The average Bonchev–Trinajstić information content (AvgIpc) is 3.13. The van der Waals surface area contributed by atoms with Crippen molar-refractivity contribution in [3.63, 3.8) is 0 Å². The normalized spacial score (nSPS) is 11.0. The number of H-pyrrole nitrogens is 1. The first-order valence-electron chi connectivity index (χ1n) is 10.1. The molecule has 0 radical (unpaired) electrons. The SMILES string of the molecule is CCCCCOc1ccc(/C=N/Nn2c(-c3ccc(OCC)cc3)n[nH]c2=S)cc1. The Balaban J connectivity index is 1.62. The minimum Gasteiger partial charge on any atom is -0.494 e. The quantitative estimate of drug-likeness (QED) is 0.192. The van der Waals surface area contributed by atoms with Crippen molar-refractivity contribution in [3.05, 3.63) is 58.9 Å². The van der Waals surface area contributed by atoms with E-state index in [-0.39, 0.29) is 0 Å². The van der Waals surface area contributed by atoms with Crippen LogP contribution >= 0.6 is 12.2 Å². The van der Waals surface area contributed by atoms with E-state index in [4.69, 9.17) is 21.7 Å². The summed E-state index contributed by atoms with van der Waals surface area (Å²) in [7, 11) is 0. The van der Waals surface area contributed by atoms with E-state index in [2.05, 4.69) is 27.8 Å². The fraction of sp³-hybridized carbons (Fsp3) is 0.318. The van der Waals surface area contributed by atoms with Crippen LogP contribution in [0.3, 0.4) is 0 Å². The molecule has 0 saturated heterocycles. The van der Waals surface area contributed by atoms with Gasteiger partial charge < -0.3 is 9.47 Å². The van der Waals surface area contributed by atoms with Gasteiger partial charge in [0.2, 0.25) is 4.77 Å². The lowest BCUT2D eigenvalue weighted by Crippen LogP contribution is -2.10. The number of benzene rings is 2. The van der Waals surface area contributed by atoms with E-state index in [1.807, 2.05) is 55.5 Å². The Hall–Kier alpha value is -3.13. The molecule has 0 aliphatic rings. The Morgan fingerprint density at radius 1 is 1.03 bits per heavy atom. The van der Waals surface area contributed by atoms with Crippen LogP contribution in [0.1, 0.15) is 38.7 Å². The third-order valence-electron chi connectivity index (χ3n) is 4.36. The Kier molecular flexibility index (Phi) is 8.02. The number of hydrogen-bond acceptors (Lipinski definition) is 6. The van der Waals surface area contributed by atoms with Gasteiger partial charge in [0.15, 0.2) is 5.82 Å². The van der Waals surface area contributed by atoms with Crippen LogP contribution < -0.4 is 15.0 Å². The minimum absolute atomic E-state index is 0.423. The van der Waals surface area contributed by atoms with E-state index in [1.54, 1.807) is 10.9 Å². The van der Waals surface area contributed by atoms with Gasteiger partial charge in [-0.25, -0.2) is 10.6 Å². The molecule has 0 aliphatic heterocycles. The smallest absolute Gasteiger partial charge is 0.216 e. The van der Waals surface area contributed by atoms with Crippen LogP contribution in [0, 0.1) is 4.77 Å². The molecule has 3 aromatic rings. The fourth-order valence-corrected chi connectivity index (χ4v) is 2.98. The third-order valence-corrected chi connectivity index (χ3v) is 4.64. The monoisotopic (exact) mass is 425 g/mol. The molecule has 2 N–H and O–H groups in total. The van der Waals surface area contributed by atoms with Crippen molar-refractivity contribution in [1.29, 1.82) is 0 Å². The van der Waals surface area contributed by atoms with Crippen molar-refractivity contribution in [3.8, 4) is 22.9 Å². The van der Waals surface area contributed by atoms with Gasteiger partial charge in [-0.3, -0.25) is 0 Å². The van der Waals surface area contributed by atoms with Gasteiger partial charge in [0.1, 0.15) is 11.5 Å². The molecule has 2 aromatic carbocycles. The predicted octanol–water partition coefficient (Wildman–Crippen LogP) is 5.15. The zero-order chi connectivity index (χ0) is 21.2. The zero-order valence-electron chi connectivity index (χ0n) is 17.3. The second-order valence-electron chi connectivity index (χ2n) is 6.63. The van der Waals surface area contributed by atoms with Crippen molar-refractivity contribution in [2.75, 3.05) is 18.7 Å². The summed E-state index contributed by atoms with van der Waals surface area (Å²) >= 11 is 5.31. The van der Waals surface area contributed by atoms with Gasteiger partial charge in [0, 0.05) is 5.56 Å². The zero-order valence-corrected chi connectivity index (χ0v) is 18.1. The van der Waals surface area contributed by atoms with E-state index in [0.717, 1.165) is 35.7 Å². The van der Waals surface area contributed by atoms with Crippen molar-refractivity contribution in [2.24, 2.45) is 5.10 Å². The first-order chi connectivity index (χ1) is 14.7. The number of unbranched alkanes of at least 4 members (excludes halogenated alkanes) is 2. The van der Waals surface area contributed by atoms with Gasteiger partial charge in [-0.15, -0.1) is 0 Å². The summed E-state index contributed by atoms with van der Waals surface area (Å²) in [5.74, 6) is 2.31. The first-order valence-corrected chi connectivity index (χ1v) is 10.5. The maximum Gasteiger partial charge on any atom is 0.216 e. The lowest BCUT2D eigenvalue weighted by Gasteiger charge is -2.07. The lowest BCUT2D eigenvalue weighted by atomic mass is 10.2. The van der Waals surface area contributed by atoms with E-state index in [9.17, 15) is 0 Å². The summed E-state index contributed by atoms with van der Waals surface area (Å²) in [5.41, 5.74) is 4.77. The van der Waals surface area contributed by atoms with Gasteiger partial charge in [-0.1, -0.05) is 19.8 Å². The van der Waals surface area contributed by atoms with Crippen LogP contribution in [0.5, 0.6) is 11.5 Å². The minimum atomic E-state index is 0.423. The Labute approximate surface area is 181 Å². The molecule has 1 aromatic heterocycles. The van der Waals surface area contributed by atoms with Gasteiger partial charge in [0.25, 0.3) is 0 Å². The maximum absolute atomic E-state index is 5.73. The number of rotatable bonds is 11. The van der Waals surface area contributed by atoms with E-state index in [1.165, 1.54) is 12.8 Å². The molecule has 0 aliphatic carbocycles. The molecule has 0 fully saturated rings. The number of ether oxygens (including phenoxy) is 2. The van der Waals surface area contributed by atoms with Crippen molar-refractivity contribution in [1.82, 2.24) is 14.9 Å². The summed E-state index contributed by atoms with van der Waals surface area (Å²) in [4.78, 5) is 0.